The number of rotatable bonds is 13. The minimum atomic E-state index is -1.81. The number of amides is 2. The molecule has 6 rings (SSSR count). The number of carboxylic acids is 1. The average Bonchev–Trinajstić information content (AvgIpc) is 3.80. The fourth-order valence-corrected chi connectivity index (χ4v) is 6.74. The van der Waals surface area contributed by atoms with Crippen LogP contribution in [0.4, 0.5) is 0 Å². The number of nitrogens with one attached hydrogen (secondary N) is 4. The molecule has 6 aromatic rings. The molecular formula is C48H56N4O9Si. The van der Waals surface area contributed by atoms with Gasteiger partial charge in [0, 0.05) is 73.3 Å². The highest BCUT2D eigenvalue weighted by Gasteiger charge is 2.38. The molecule has 326 valence electrons. The van der Waals surface area contributed by atoms with Crippen molar-refractivity contribution < 1.29 is 43.7 Å². The minimum Gasteiger partial charge on any atom is -0.544 e. The standard InChI is InChI=1S/C21H20N2O4.C15H22O3Si.C12H14N2O2/c1-14(24)22-11-10-16-13-23-20-8-7-18(12-19(16)20)27-21(26)9-4-15-2-5-17(25)6-3-15;1-15(2,3)19(4,5)18-13-9-6-12(7-10-13)8-11-14(16)17;1-8(15)13-5-4-9-7-14-12-3-2-10(16)6-11(9)12/h2-9,12-13,23,25H,10-11H2,1H3,(H,22,24);6-11H,1-5H3,(H,16,17);2-3,6-7,14,16H,4-5H2,1H3,(H,13,15)/b9-4+;11-8+;. The van der Waals surface area contributed by atoms with Crippen LogP contribution in [0.25, 0.3) is 34.0 Å². The van der Waals surface area contributed by atoms with Crippen LogP contribution in [0.2, 0.25) is 18.1 Å². The lowest BCUT2D eigenvalue weighted by Crippen LogP contribution is -2.43. The van der Waals surface area contributed by atoms with E-state index in [1.54, 1.807) is 60.7 Å². The van der Waals surface area contributed by atoms with E-state index >= 15 is 0 Å². The molecule has 2 heterocycles. The van der Waals surface area contributed by atoms with Gasteiger partial charge in [-0.1, -0.05) is 45.0 Å². The third-order valence-electron chi connectivity index (χ3n) is 10.0. The van der Waals surface area contributed by atoms with Gasteiger partial charge in [-0.15, -0.1) is 0 Å². The van der Waals surface area contributed by atoms with Gasteiger partial charge in [-0.05, 0) is 126 Å². The molecule has 0 fully saturated rings. The number of aliphatic carboxylic acids is 1. The van der Waals surface area contributed by atoms with Crippen molar-refractivity contribution in [3.63, 3.8) is 0 Å². The summed E-state index contributed by atoms with van der Waals surface area (Å²) in [6.45, 7) is 15.1. The molecule has 0 saturated carbocycles. The van der Waals surface area contributed by atoms with Crippen LogP contribution >= 0.6 is 0 Å². The van der Waals surface area contributed by atoms with E-state index in [1.807, 2.05) is 48.8 Å². The Morgan fingerprint density at radius 1 is 0.661 bits per heavy atom. The van der Waals surface area contributed by atoms with E-state index in [1.165, 1.54) is 19.9 Å². The van der Waals surface area contributed by atoms with Crippen molar-refractivity contribution in [3.8, 4) is 23.0 Å². The van der Waals surface area contributed by atoms with Gasteiger partial charge in [0.05, 0.1) is 0 Å². The third-order valence-corrected chi connectivity index (χ3v) is 14.4. The summed E-state index contributed by atoms with van der Waals surface area (Å²) in [5, 5.41) is 34.9. The normalized spacial score (nSPS) is 11.4. The second-order valence-corrected chi connectivity index (χ2v) is 20.7. The first kappa shape index (κ1) is 47.6. The van der Waals surface area contributed by atoms with Crippen LogP contribution < -0.4 is 19.8 Å². The topological polar surface area (TPSA) is 203 Å². The van der Waals surface area contributed by atoms with Crippen molar-refractivity contribution in [2.24, 2.45) is 0 Å². The molecule has 13 nitrogen and oxygen atoms in total. The van der Waals surface area contributed by atoms with Gasteiger partial charge < -0.3 is 45.1 Å². The highest BCUT2D eigenvalue weighted by Crippen LogP contribution is 2.37. The zero-order valence-corrected chi connectivity index (χ0v) is 37.2. The number of carboxylic acid groups (broad SMARTS) is 1. The Kier molecular flexibility index (Phi) is 16.9. The summed E-state index contributed by atoms with van der Waals surface area (Å²) in [5.41, 5.74) is 5.70. The van der Waals surface area contributed by atoms with Crippen LogP contribution in [0.3, 0.4) is 0 Å². The quantitative estimate of drug-likeness (QED) is 0.0256. The lowest BCUT2D eigenvalue weighted by atomic mass is 10.1. The molecule has 0 aliphatic rings. The number of carbonyl (C=O) groups excluding carboxylic acids is 3. The Labute approximate surface area is 362 Å². The Bertz CT molecular complexity index is 2510. The summed E-state index contributed by atoms with van der Waals surface area (Å²) in [6, 6.07) is 24.6. The lowest BCUT2D eigenvalue weighted by Gasteiger charge is -2.36. The molecule has 0 bridgehead atoms. The van der Waals surface area contributed by atoms with Gasteiger partial charge in [0.25, 0.3) is 0 Å². The maximum atomic E-state index is 12.0. The highest BCUT2D eigenvalue weighted by molar-refractivity contribution is 6.74. The van der Waals surface area contributed by atoms with Gasteiger partial charge in [0.1, 0.15) is 23.0 Å². The SMILES string of the molecule is CC(=O)NCCc1c[nH]c2ccc(O)cc12.CC(=O)NCCc1c[nH]c2ccc(OC(=O)/C=C/c3ccc(O)cc3)cc12.CC(C)(C)[Si](C)(C)Oc1ccc(/C=C/C(=O)O)cc1. The molecule has 0 unspecified atom stereocenters. The fraction of sp³-hybridized carbons (Fsp3) is 0.250. The number of carbonyl (C=O) groups is 4. The first-order valence-corrected chi connectivity index (χ1v) is 23.0. The van der Waals surface area contributed by atoms with Crippen molar-refractivity contribution in [2.75, 3.05) is 13.1 Å². The minimum absolute atomic E-state index is 0.0253. The van der Waals surface area contributed by atoms with E-state index in [9.17, 15) is 29.4 Å². The second kappa shape index (κ2) is 22.0. The zero-order valence-electron chi connectivity index (χ0n) is 36.2. The number of hydrogen-bond acceptors (Lipinski definition) is 8. The lowest BCUT2D eigenvalue weighted by molar-refractivity contribution is -0.131. The van der Waals surface area contributed by atoms with E-state index in [0.717, 1.165) is 62.3 Å². The Morgan fingerprint density at radius 3 is 1.65 bits per heavy atom. The molecule has 0 atom stereocenters. The van der Waals surface area contributed by atoms with Gasteiger partial charge in [-0.25, -0.2) is 9.59 Å². The van der Waals surface area contributed by atoms with Crippen LogP contribution in [0, 0.1) is 0 Å². The smallest absolute Gasteiger partial charge is 0.336 e. The van der Waals surface area contributed by atoms with Crippen LogP contribution in [-0.2, 0) is 32.0 Å². The second-order valence-electron chi connectivity index (χ2n) is 16.0. The molecule has 0 radical (unpaired) electrons. The summed E-state index contributed by atoms with van der Waals surface area (Å²) in [5.74, 6) is 0.200. The molecule has 4 aromatic carbocycles. The van der Waals surface area contributed by atoms with E-state index < -0.39 is 20.3 Å². The predicted molar refractivity (Wildman–Crippen MR) is 247 cm³/mol. The van der Waals surface area contributed by atoms with Gasteiger partial charge in [0.2, 0.25) is 20.1 Å². The predicted octanol–water partition coefficient (Wildman–Crippen LogP) is 8.89. The Hall–Kier alpha value is -7.06. The number of phenolic OH excluding ortho intramolecular Hbond substituents is 2. The van der Waals surface area contributed by atoms with Crippen LogP contribution in [0.1, 0.15) is 56.9 Å². The number of hydrogen-bond donors (Lipinski definition) is 7. The zero-order chi connectivity index (χ0) is 45.5. The van der Waals surface area contributed by atoms with Crippen molar-refractivity contribution in [3.05, 3.63) is 132 Å². The molecule has 7 N–H and O–H groups in total. The van der Waals surface area contributed by atoms with Crippen molar-refractivity contribution in [1.29, 1.82) is 0 Å². The molecular weight excluding hydrogens is 805 g/mol. The van der Waals surface area contributed by atoms with Gasteiger partial charge in [-0.3, -0.25) is 9.59 Å². The van der Waals surface area contributed by atoms with Crippen LogP contribution in [-0.4, -0.2) is 70.4 Å². The number of esters is 1. The number of ether oxygens (including phenoxy) is 1. The van der Waals surface area contributed by atoms with Gasteiger partial charge in [-0.2, -0.15) is 0 Å². The van der Waals surface area contributed by atoms with Crippen LogP contribution in [0.15, 0.2) is 109 Å². The highest BCUT2D eigenvalue weighted by atomic mass is 28.4. The number of benzene rings is 4. The Morgan fingerprint density at radius 2 is 1.13 bits per heavy atom. The maximum Gasteiger partial charge on any atom is 0.336 e. The fourth-order valence-electron chi connectivity index (χ4n) is 5.71. The summed E-state index contributed by atoms with van der Waals surface area (Å²) in [4.78, 5) is 50.5. The molecule has 0 aliphatic heterocycles. The molecule has 0 spiro atoms. The van der Waals surface area contributed by atoms with Gasteiger partial charge >= 0.3 is 11.9 Å². The maximum absolute atomic E-state index is 12.0. The largest absolute Gasteiger partial charge is 0.544 e. The number of fused-ring (bicyclic) bond motifs is 2. The van der Waals surface area contributed by atoms with Crippen LogP contribution in [0.5, 0.6) is 23.0 Å². The van der Waals surface area contributed by atoms with Crippen molar-refractivity contribution in [2.45, 2.75) is 65.6 Å². The molecule has 0 aliphatic carbocycles. The summed E-state index contributed by atoms with van der Waals surface area (Å²) in [6.07, 6.45) is 10.9. The monoisotopic (exact) mass is 860 g/mol. The number of aromatic amines is 2. The van der Waals surface area contributed by atoms with Gasteiger partial charge in [0.15, 0.2) is 0 Å². The molecule has 14 heteroatoms. The number of aromatic hydroxyl groups is 2. The molecule has 0 saturated heterocycles. The van der Waals surface area contributed by atoms with E-state index in [4.69, 9.17) is 14.3 Å². The van der Waals surface area contributed by atoms with E-state index in [0.29, 0.717) is 25.3 Å². The molecule has 2 amide bonds. The van der Waals surface area contributed by atoms with E-state index in [-0.39, 0.29) is 28.4 Å². The summed E-state index contributed by atoms with van der Waals surface area (Å²) >= 11 is 0. The molecule has 2 aromatic heterocycles. The molecule has 62 heavy (non-hydrogen) atoms. The average molecular weight is 861 g/mol. The first-order chi connectivity index (χ1) is 29.3. The third kappa shape index (κ3) is 15.2. The summed E-state index contributed by atoms with van der Waals surface area (Å²) in [7, 11) is -1.81. The number of H-pyrrole nitrogens is 2. The van der Waals surface area contributed by atoms with E-state index in [2.05, 4.69) is 54.5 Å². The summed E-state index contributed by atoms with van der Waals surface area (Å²) < 4.78 is 11.5. The number of aromatic nitrogens is 2. The number of phenols is 2. The van der Waals surface area contributed by atoms with Crippen molar-refractivity contribution in [1.82, 2.24) is 20.6 Å². The van der Waals surface area contributed by atoms with Crippen molar-refractivity contribution >= 4 is 66.0 Å². The Balaban J connectivity index is 0.000000213. The first-order valence-electron chi connectivity index (χ1n) is 20.1.